The number of aryl methyl sites for hydroxylation is 1. The molecule has 3 rings (SSSR count). The van der Waals surface area contributed by atoms with Crippen molar-refractivity contribution in [1.29, 1.82) is 0 Å². The molecule has 0 atom stereocenters. The zero-order chi connectivity index (χ0) is 16.4. The number of carbonyl (C=O) groups is 1. The van der Waals surface area contributed by atoms with Crippen LogP contribution in [-0.4, -0.2) is 58.0 Å². The molecular formula is C15H18F2N4O2. The maximum absolute atomic E-state index is 12.3. The van der Waals surface area contributed by atoms with Crippen LogP contribution in [0.25, 0.3) is 11.0 Å². The summed E-state index contributed by atoms with van der Waals surface area (Å²) < 4.78 is 31.8. The van der Waals surface area contributed by atoms with Crippen molar-refractivity contribution in [1.82, 2.24) is 19.9 Å². The first-order valence-corrected chi connectivity index (χ1v) is 7.54. The van der Waals surface area contributed by atoms with Crippen molar-refractivity contribution in [3.05, 3.63) is 23.8 Å². The molecule has 2 heterocycles. The molecule has 0 aliphatic carbocycles. The molecule has 0 bridgehead atoms. The van der Waals surface area contributed by atoms with Crippen LogP contribution in [0, 0.1) is 0 Å². The number of hydrogen-bond acceptors (Lipinski definition) is 5. The van der Waals surface area contributed by atoms with Crippen molar-refractivity contribution in [2.24, 2.45) is 7.05 Å². The molecule has 2 aromatic rings. The molecule has 8 heteroatoms. The van der Waals surface area contributed by atoms with Gasteiger partial charge in [0.05, 0.1) is 17.6 Å². The molecule has 1 aromatic heterocycles. The number of nitrogens with zero attached hydrogens (tertiary/aromatic N) is 4. The Labute approximate surface area is 132 Å². The van der Waals surface area contributed by atoms with E-state index >= 15 is 0 Å². The smallest absolute Gasteiger partial charge is 0.338 e. The molecule has 124 valence electrons. The number of aromatic nitrogens is 3. The van der Waals surface area contributed by atoms with E-state index in [4.69, 9.17) is 4.74 Å². The van der Waals surface area contributed by atoms with Crippen LogP contribution in [0.5, 0.6) is 0 Å². The standard InChI is InChI=1S/C15H18F2N4O2/c1-20-13-3-2-10(8-12(13)18-19-20)15(22)23-11-4-6-21(7-5-11)9-14(16)17/h2-3,8,11,14H,4-7,9H2,1H3. The van der Waals surface area contributed by atoms with E-state index in [-0.39, 0.29) is 12.6 Å². The third-order valence-corrected chi connectivity index (χ3v) is 4.05. The lowest BCUT2D eigenvalue weighted by atomic mass is 10.1. The first-order valence-electron chi connectivity index (χ1n) is 7.54. The Morgan fingerprint density at radius 2 is 2.13 bits per heavy atom. The highest BCUT2D eigenvalue weighted by Gasteiger charge is 2.24. The number of alkyl halides is 2. The van der Waals surface area contributed by atoms with Crippen LogP contribution in [0.2, 0.25) is 0 Å². The van der Waals surface area contributed by atoms with E-state index in [2.05, 4.69) is 10.3 Å². The van der Waals surface area contributed by atoms with Gasteiger partial charge in [0.2, 0.25) is 0 Å². The number of piperidine rings is 1. The fourth-order valence-corrected chi connectivity index (χ4v) is 2.79. The van der Waals surface area contributed by atoms with Crippen LogP contribution in [0.1, 0.15) is 23.2 Å². The number of fused-ring (bicyclic) bond motifs is 1. The Morgan fingerprint density at radius 3 is 2.83 bits per heavy atom. The van der Waals surface area contributed by atoms with Gasteiger partial charge >= 0.3 is 5.97 Å². The van der Waals surface area contributed by atoms with Gasteiger partial charge in [-0.25, -0.2) is 18.3 Å². The molecule has 23 heavy (non-hydrogen) atoms. The lowest BCUT2D eigenvalue weighted by Gasteiger charge is -2.31. The highest BCUT2D eigenvalue weighted by atomic mass is 19.3. The fraction of sp³-hybridized carbons (Fsp3) is 0.533. The summed E-state index contributed by atoms with van der Waals surface area (Å²) in [5, 5.41) is 7.86. The summed E-state index contributed by atoms with van der Waals surface area (Å²) in [6, 6.07) is 5.10. The third kappa shape index (κ3) is 3.64. The highest BCUT2D eigenvalue weighted by molar-refractivity contribution is 5.93. The van der Waals surface area contributed by atoms with Gasteiger partial charge in [0.15, 0.2) is 0 Å². The Kier molecular flexibility index (Phi) is 4.51. The molecular weight excluding hydrogens is 306 g/mol. The quantitative estimate of drug-likeness (QED) is 0.804. The summed E-state index contributed by atoms with van der Waals surface area (Å²) >= 11 is 0. The summed E-state index contributed by atoms with van der Waals surface area (Å²) in [6.07, 6.45) is -1.40. The topological polar surface area (TPSA) is 60.3 Å². The number of likely N-dealkylation sites (tertiary alicyclic amines) is 1. The van der Waals surface area contributed by atoms with Gasteiger partial charge in [-0.15, -0.1) is 5.10 Å². The summed E-state index contributed by atoms with van der Waals surface area (Å²) in [5.41, 5.74) is 1.89. The van der Waals surface area contributed by atoms with Crippen LogP contribution in [-0.2, 0) is 11.8 Å². The highest BCUT2D eigenvalue weighted by Crippen LogP contribution is 2.18. The summed E-state index contributed by atoms with van der Waals surface area (Å²) in [4.78, 5) is 13.9. The maximum atomic E-state index is 12.3. The van der Waals surface area contributed by atoms with Gasteiger partial charge in [-0.1, -0.05) is 5.21 Å². The predicted molar refractivity (Wildman–Crippen MR) is 79.4 cm³/mol. The van der Waals surface area contributed by atoms with E-state index < -0.39 is 12.4 Å². The van der Waals surface area contributed by atoms with Crippen molar-refractivity contribution in [2.75, 3.05) is 19.6 Å². The van der Waals surface area contributed by atoms with Crippen LogP contribution in [0.3, 0.4) is 0 Å². The molecule has 0 N–H and O–H groups in total. The molecule has 6 nitrogen and oxygen atoms in total. The maximum Gasteiger partial charge on any atom is 0.338 e. The Balaban J connectivity index is 1.58. The lowest BCUT2D eigenvalue weighted by molar-refractivity contribution is 0.00227. The first kappa shape index (κ1) is 15.8. The lowest BCUT2D eigenvalue weighted by Crippen LogP contribution is -2.40. The molecule has 1 aromatic carbocycles. The van der Waals surface area contributed by atoms with E-state index in [0.29, 0.717) is 37.0 Å². The minimum absolute atomic E-state index is 0.218. The predicted octanol–water partition coefficient (Wildman–Crippen LogP) is 1.85. The zero-order valence-electron chi connectivity index (χ0n) is 12.8. The summed E-state index contributed by atoms with van der Waals surface area (Å²) in [6.45, 7) is 0.820. The van der Waals surface area contributed by atoms with Crippen molar-refractivity contribution < 1.29 is 18.3 Å². The first-order chi connectivity index (χ1) is 11.0. The fourth-order valence-electron chi connectivity index (χ4n) is 2.79. The molecule has 1 aliphatic heterocycles. The van der Waals surface area contributed by atoms with Crippen molar-refractivity contribution in [2.45, 2.75) is 25.4 Å². The second-order valence-corrected chi connectivity index (χ2v) is 5.71. The third-order valence-electron chi connectivity index (χ3n) is 4.05. The van der Waals surface area contributed by atoms with Crippen LogP contribution < -0.4 is 0 Å². The van der Waals surface area contributed by atoms with Crippen LogP contribution >= 0.6 is 0 Å². The normalized spacial score (nSPS) is 17.0. The minimum Gasteiger partial charge on any atom is -0.459 e. The van der Waals surface area contributed by atoms with E-state index in [9.17, 15) is 13.6 Å². The molecule has 1 aliphatic rings. The number of benzene rings is 1. The van der Waals surface area contributed by atoms with Crippen molar-refractivity contribution in [3.8, 4) is 0 Å². The molecule has 0 unspecified atom stereocenters. The average molecular weight is 324 g/mol. The Hall–Kier alpha value is -2.09. The number of esters is 1. The van der Waals surface area contributed by atoms with Gasteiger partial charge in [0.25, 0.3) is 6.43 Å². The van der Waals surface area contributed by atoms with Gasteiger partial charge in [-0.2, -0.15) is 0 Å². The van der Waals surface area contributed by atoms with Crippen molar-refractivity contribution in [3.63, 3.8) is 0 Å². The number of carbonyl (C=O) groups excluding carboxylic acids is 1. The number of halogens is 2. The average Bonchev–Trinajstić information content (AvgIpc) is 2.89. The molecule has 0 saturated carbocycles. The van der Waals surface area contributed by atoms with E-state index in [1.54, 1.807) is 34.8 Å². The molecule has 0 amide bonds. The van der Waals surface area contributed by atoms with Crippen LogP contribution in [0.4, 0.5) is 8.78 Å². The van der Waals surface area contributed by atoms with Gasteiger partial charge in [-0.3, -0.25) is 4.90 Å². The zero-order valence-corrected chi connectivity index (χ0v) is 12.8. The van der Waals surface area contributed by atoms with Gasteiger partial charge in [0, 0.05) is 20.1 Å². The summed E-state index contributed by atoms with van der Waals surface area (Å²) in [5.74, 6) is -0.412. The molecule has 0 spiro atoms. The van der Waals surface area contributed by atoms with Gasteiger partial charge in [-0.05, 0) is 31.0 Å². The Morgan fingerprint density at radius 1 is 1.39 bits per heavy atom. The summed E-state index contributed by atoms with van der Waals surface area (Å²) in [7, 11) is 1.78. The number of rotatable bonds is 4. The van der Waals surface area contributed by atoms with Crippen molar-refractivity contribution >= 4 is 17.0 Å². The largest absolute Gasteiger partial charge is 0.459 e. The second-order valence-electron chi connectivity index (χ2n) is 5.71. The van der Waals surface area contributed by atoms with Gasteiger partial charge < -0.3 is 4.74 Å². The van der Waals surface area contributed by atoms with E-state index in [1.165, 1.54) is 0 Å². The second kappa shape index (κ2) is 6.57. The number of ether oxygens (including phenoxy) is 1. The molecule has 1 saturated heterocycles. The number of hydrogen-bond donors (Lipinski definition) is 0. The van der Waals surface area contributed by atoms with E-state index in [0.717, 1.165) is 5.52 Å². The SMILES string of the molecule is Cn1nnc2cc(C(=O)OC3CCN(CC(F)F)CC3)ccc21. The van der Waals surface area contributed by atoms with Crippen LogP contribution in [0.15, 0.2) is 18.2 Å². The molecule has 0 radical (unpaired) electrons. The van der Waals surface area contributed by atoms with E-state index in [1.807, 2.05) is 0 Å². The molecule has 1 fully saturated rings. The monoisotopic (exact) mass is 324 g/mol. The van der Waals surface area contributed by atoms with Gasteiger partial charge in [0.1, 0.15) is 11.6 Å². The Bertz CT molecular complexity index is 696. The minimum atomic E-state index is -2.33.